The first-order valence-electron chi connectivity index (χ1n) is 11.3. The number of carbonyl (C=O) groups excluding carboxylic acids is 2. The lowest BCUT2D eigenvalue weighted by Crippen LogP contribution is -2.63. The number of benzene rings is 2. The van der Waals surface area contributed by atoms with Gasteiger partial charge in [0.1, 0.15) is 11.7 Å². The zero-order chi connectivity index (χ0) is 23.8. The molecule has 3 aliphatic rings. The van der Waals surface area contributed by atoms with E-state index in [-0.39, 0.29) is 11.7 Å². The van der Waals surface area contributed by atoms with E-state index in [0.717, 1.165) is 48.3 Å². The van der Waals surface area contributed by atoms with Crippen LogP contribution in [0.5, 0.6) is 0 Å². The number of piperazine rings is 1. The van der Waals surface area contributed by atoms with Crippen LogP contribution in [0.15, 0.2) is 53.5 Å². The molecule has 0 aromatic heterocycles. The van der Waals surface area contributed by atoms with Crippen molar-refractivity contribution in [3.63, 3.8) is 0 Å². The van der Waals surface area contributed by atoms with E-state index in [4.69, 9.17) is 16.6 Å². The maximum Gasteiger partial charge on any atom is 0.325 e. The predicted molar refractivity (Wildman–Crippen MR) is 128 cm³/mol. The van der Waals surface area contributed by atoms with E-state index >= 15 is 0 Å². The Morgan fingerprint density at radius 1 is 1.06 bits per heavy atom. The van der Waals surface area contributed by atoms with Gasteiger partial charge in [0.2, 0.25) is 0 Å². The molecule has 2 aromatic rings. The standard InChI is InChI=1S/C24H26ClFN6O2/c1-29-22-21(23(33)28-24(29)34)32(14-16-5-7-18(26)8-6-16)20(27-22)15-30-9-11-31(12-10-30)19-4-2-3-17(25)13-19/h2-8,13,21-22H,9-12,14-15H2,1H3,(H,28,33,34). The fraction of sp³-hybridized carbons (Fsp3) is 0.375. The zero-order valence-electron chi connectivity index (χ0n) is 18.8. The number of amidine groups is 1. The third-order valence-corrected chi connectivity index (χ3v) is 6.86. The predicted octanol–water partition coefficient (Wildman–Crippen LogP) is 2.39. The number of aliphatic imine (C=N–C) groups is 1. The number of nitrogens with zero attached hydrogens (tertiary/aromatic N) is 5. The first kappa shape index (κ1) is 22.6. The van der Waals surface area contributed by atoms with Crippen molar-refractivity contribution in [3.8, 4) is 0 Å². The number of hydrogen-bond donors (Lipinski definition) is 1. The lowest BCUT2D eigenvalue weighted by Gasteiger charge is -2.38. The zero-order valence-corrected chi connectivity index (χ0v) is 19.6. The minimum absolute atomic E-state index is 0.310. The van der Waals surface area contributed by atoms with Gasteiger partial charge in [-0.3, -0.25) is 15.0 Å². The van der Waals surface area contributed by atoms with Gasteiger partial charge in [-0.2, -0.15) is 0 Å². The summed E-state index contributed by atoms with van der Waals surface area (Å²) < 4.78 is 13.4. The van der Waals surface area contributed by atoms with Gasteiger partial charge in [0.15, 0.2) is 12.2 Å². The second-order valence-electron chi connectivity index (χ2n) is 8.81. The number of urea groups is 1. The van der Waals surface area contributed by atoms with E-state index in [1.54, 1.807) is 19.2 Å². The largest absolute Gasteiger partial charge is 0.369 e. The van der Waals surface area contributed by atoms with E-state index in [2.05, 4.69) is 21.2 Å². The Morgan fingerprint density at radius 2 is 1.79 bits per heavy atom. The summed E-state index contributed by atoms with van der Waals surface area (Å²) in [5, 5.41) is 3.14. The van der Waals surface area contributed by atoms with Crippen LogP contribution in [-0.4, -0.2) is 84.5 Å². The van der Waals surface area contributed by atoms with Gasteiger partial charge in [-0.1, -0.05) is 29.8 Å². The molecule has 178 valence electrons. The SMILES string of the molecule is CN1C(=O)NC(=O)C2C1N=C(CN1CCN(c3cccc(Cl)c3)CC1)N2Cc1ccc(F)cc1. The highest BCUT2D eigenvalue weighted by molar-refractivity contribution is 6.30. The van der Waals surface area contributed by atoms with Crippen LogP contribution >= 0.6 is 11.6 Å². The molecule has 3 heterocycles. The summed E-state index contributed by atoms with van der Waals surface area (Å²) in [4.78, 5) is 37.8. The van der Waals surface area contributed by atoms with E-state index in [9.17, 15) is 14.0 Å². The lowest BCUT2D eigenvalue weighted by molar-refractivity contribution is -0.127. The van der Waals surface area contributed by atoms with Gasteiger partial charge in [0.25, 0.3) is 5.91 Å². The number of carbonyl (C=O) groups is 2. The Labute approximate surface area is 202 Å². The summed E-state index contributed by atoms with van der Waals surface area (Å²) in [6.45, 7) is 4.30. The van der Waals surface area contributed by atoms with Crippen LogP contribution in [0.1, 0.15) is 5.56 Å². The Bertz CT molecular complexity index is 1120. The molecule has 2 unspecified atom stereocenters. The van der Waals surface area contributed by atoms with Crippen molar-refractivity contribution in [2.45, 2.75) is 18.8 Å². The fourth-order valence-electron chi connectivity index (χ4n) is 4.73. The van der Waals surface area contributed by atoms with Crippen molar-refractivity contribution in [3.05, 3.63) is 64.9 Å². The molecule has 10 heteroatoms. The number of halogens is 2. The first-order chi connectivity index (χ1) is 16.4. The lowest BCUT2D eigenvalue weighted by atomic mass is 10.1. The van der Waals surface area contributed by atoms with Gasteiger partial charge in [0.05, 0.1) is 6.54 Å². The van der Waals surface area contributed by atoms with Gasteiger partial charge in [-0.05, 0) is 35.9 Å². The van der Waals surface area contributed by atoms with Crippen LogP contribution in [0, 0.1) is 5.82 Å². The number of anilines is 1. The van der Waals surface area contributed by atoms with Crippen molar-refractivity contribution >= 4 is 35.1 Å². The summed E-state index contributed by atoms with van der Waals surface area (Å²) in [5.74, 6) is 0.0854. The molecule has 1 N–H and O–H groups in total. The van der Waals surface area contributed by atoms with Crippen molar-refractivity contribution < 1.29 is 14.0 Å². The number of nitrogens with one attached hydrogen (secondary N) is 1. The molecule has 3 aliphatic heterocycles. The van der Waals surface area contributed by atoms with Crippen molar-refractivity contribution in [1.82, 2.24) is 20.0 Å². The highest BCUT2D eigenvalue weighted by Crippen LogP contribution is 2.27. The van der Waals surface area contributed by atoms with E-state index in [1.807, 2.05) is 23.1 Å². The third-order valence-electron chi connectivity index (χ3n) is 6.62. The van der Waals surface area contributed by atoms with Crippen LogP contribution in [0.25, 0.3) is 0 Å². The summed E-state index contributed by atoms with van der Waals surface area (Å²) >= 11 is 6.15. The molecule has 34 heavy (non-hydrogen) atoms. The monoisotopic (exact) mass is 484 g/mol. The molecule has 0 spiro atoms. The van der Waals surface area contributed by atoms with Crippen LogP contribution < -0.4 is 10.2 Å². The molecule has 8 nitrogen and oxygen atoms in total. The van der Waals surface area contributed by atoms with Gasteiger partial charge in [-0.15, -0.1) is 0 Å². The van der Waals surface area contributed by atoms with Gasteiger partial charge < -0.3 is 14.7 Å². The maximum atomic E-state index is 13.4. The van der Waals surface area contributed by atoms with Gasteiger partial charge >= 0.3 is 6.03 Å². The Balaban J connectivity index is 1.32. The molecule has 0 aliphatic carbocycles. The number of hydrogen-bond acceptors (Lipinski definition) is 6. The number of rotatable bonds is 5. The number of imide groups is 1. The normalized spacial score (nSPS) is 23.1. The highest BCUT2D eigenvalue weighted by Gasteiger charge is 2.48. The molecule has 2 atom stereocenters. The molecule has 5 rings (SSSR count). The molecular formula is C24H26ClFN6O2. The average Bonchev–Trinajstić information content (AvgIpc) is 3.18. The Hall–Kier alpha value is -3.17. The molecule has 2 fully saturated rings. The summed E-state index contributed by atoms with van der Waals surface area (Å²) in [5.41, 5.74) is 1.97. The van der Waals surface area contributed by atoms with E-state index in [0.29, 0.717) is 13.1 Å². The second-order valence-corrected chi connectivity index (χ2v) is 9.24. The van der Waals surface area contributed by atoms with Crippen molar-refractivity contribution in [1.29, 1.82) is 0 Å². The van der Waals surface area contributed by atoms with E-state index < -0.39 is 18.2 Å². The van der Waals surface area contributed by atoms with Crippen LogP contribution in [0.2, 0.25) is 5.02 Å². The maximum absolute atomic E-state index is 13.4. The van der Waals surface area contributed by atoms with Crippen molar-refractivity contribution in [2.24, 2.45) is 4.99 Å². The Kier molecular flexibility index (Phi) is 6.14. The second kappa shape index (κ2) is 9.23. The molecule has 0 bridgehead atoms. The smallest absolute Gasteiger partial charge is 0.325 e. The molecular weight excluding hydrogens is 459 g/mol. The summed E-state index contributed by atoms with van der Waals surface area (Å²) in [7, 11) is 1.64. The van der Waals surface area contributed by atoms with Crippen LogP contribution in [0.4, 0.5) is 14.9 Å². The summed E-state index contributed by atoms with van der Waals surface area (Å²) in [6.07, 6.45) is -0.579. The Morgan fingerprint density at radius 3 is 2.50 bits per heavy atom. The van der Waals surface area contributed by atoms with Crippen LogP contribution in [-0.2, 0) is 11.3 Å². The van der Waals surface area contributed by atoms with Crippen molar-refractivity contribution in [2.75, 3.05) is 44.7 Å². The molecule has 0 radical (unpaired) electrons. The number of amides is 3. The van der Waals surface area contributed by atoms with Gasteiger partial charge in [0, 0.05) is 50.5 Å². The van der Waals surface area contributed by atoms with Crippen LogP contribution in [0.3, 0.4) is 0 Å². The average molecular weight is 485 g/mol. The first-order valence-corrected chi connectivity index (χ1v) is 11.6. The van der Waals surface area contributed by atoms with Gasteiger partial charge in [-0.25, -0.2) is 14.2 Å². The summed E-state index contributed by atoms with van der Waals surface area (Å²) in [6, 6.07) is 13.0. The molecule has 0 saturated carbocycles. The van der Waals surface area contributed by atoms with E-state index in [1.165, 1.54) is 17.0 Å². The quantitative estimate of drug-likeness (QED) is 0.705. The highest BCUT2D eigenvalue weighted by atomic mass is 35.5. The third kappa shape index (κ3) is 4.45. The number of fused-ring (bicyclic) bond motifs is 1. The topological polar surface area (TPSA) is 71.5 Å². The minimum atomic E-state index is -0.615. The number of likely N-dealkylation sites (N-methyl/N-ethyl adjacent to an activating group) is 1. The molecule has 3 amide bonds. The fourth-order valence-corrected chi connectivity index (χ4v) is 4.91. The minimum Gasteiger partial charge on any atom is -0.369 e. The molecule has 2 saturated heterocycles. The molecule has 2 aromatic carbocycles.